The second-order valence-electron chi connectivity index (χ2n) is 6.16. The summed E-state index contributed by atoms with van der Waals surface area (Å²) in [6.07, 6.45) is 4.89. The fourth-order valence-electron chi connectivity index (χ4n) is 2.87. The number of aryl methyl sites for hydroxylation is 1. The van der Waals surface area contributed by atoms with Crippen LogP contribution in [0.15, 0.2) is 11.2 Å². The van der Waals surface area contributed by atoms with Crippen molar-refractivity contribution < 1.29 is 5.21 Å². The van der Waals surface area contributed by atoms with Crippen molar-refractivity contribution in [3.05, 3.63) is 17.5 Å². The summed E-state index contributed by atoms with van der Waals surface area (Å²) >= 11 is 0. The van der Waals surface area contributed by atoms with Crippen LogP contribution in [-0.2, 0) is 0 Å². The number of hydrogen-bond acceptors (Lipinski definition) is 5. The molecular formula is C15H25N5O. The van der Waals surface area contributed by atoms with Crippen molar-refractivity contribution >= 4 is 11.8 Å². The lowest BCUT2D eigenvalue weighted by molar-refractivity contribution is 0.318. The van der Waals surface area contributed by atoms with E-state index in [1.54, 1.807) is 6.07 Å². The molecule has 1 saturated carbocycles. The van der Waals surface area contributed by atoms with Gasteiger partial charge in [-0.15, -0.1) is 0 Å². The second-order valence-corrected chi connectivity index (χ2v) is 6.16. The molecular weight excluding hydrogens is 266 g/mol. The van der Waals surface area contributed by atoms with Gasteiger partial charge in [-0.05, 0) is 31.7 Å². The molecule has 0 aromatic carbocycles. The molecule has 0 atom stereocenters. The zero-order chi connectivity index (χ0) is 15.4. The molecule has 2 rings (SSSR count). The Kier molecular flexibility index (Phi) is 4.98. The minimum absolute atomic E-state index is 0.0256. The highest BCUT2D eigenvalue weighted by Crippen LogP contribution is 2.27. The third-order valence-electron chi connectivity index (χ3n) is 3.80. The lowest BCUT2D eigenvalue weighted by Gasteiger charge is -2.31. The molecule has 1 aliphatic carbocycles. The molecule has 1 aromatic heterocycles. The summed E-state index contributed by atoms with van der Waals surface area (Å²) in [6.45, 7) is 7.22. The van der Waals surface area contributed by atoms with Gasteiger partial charge in [0.2, 0.25) is 5.95 Å². The van der Waals surface area contributed by atoms with Crippen LogP contribution in [0, 0.1) is 12.8 Å². The van der Waals surface area contributed by atoms with Gasteiger partial charge in [0, 0.05) is 18.3 Å². The van der Waals surface area contributed by atoms with Crippen molar-refractivity contribution in [3.8, 4) is 0 Å². The van der Waals surface area contributed by atoms with Gasteiger partial charge in [0.1, 0.15) is 5.69 Å². The number of rotatable bonds is 5. The highest BCUT2D eigenvalue weighted by molar-refractivity contribution is 5.95. The molecule has 1 heterocycles. The average Bonchev–Trinajstić information content (AvgIpc) is 2.96. The molecule has 1 fully saturated rings. The van der Waals surface area contributed by atoms with E-state index in [4.69, 9.17) is 10.9 Å². The van der Waals surface area contributed by atoms with Gasteiger partial charge in [0.25, 0.3) is 0 Å². The Morgan fingerprint density at radius 3 is 2.67 bits per heavy atom. The van der Waals surface area contributed by atoms with Crippen LogP contribution >= 0.6 is 0 Å². The van der Waals surface area contributed by atoms with E-state index in [9.17, 15) is 0 Å². The maximum absolute atomic E-state index is 8.85. The topological polar surface area (TPSA) is 87.6 Å². The zero-order valence-electron chi connectivity index (χ0n) is 13.1. The van der Waals surface area contributed by atoms with Crippen molar-refractivity contribution in [2.75, 3.05) is 11.4 Å². The molecule has 0 bridgehead atoms. The van der Waals surface area contributed by atoms with E-state index in [0.29, 0.717) is 23.6 Å². The molecule has 3 N–H and O–H groups in total. The molecule has 0 saturated heterocycles. The van der Waals surface area contributed by atoms with Crippen LogP contribution in [0.25, 0.3) is 0 Å². The largest absolute Gasteiger partial charge is 0.409 e. The Labute approximate surface area is 126 Å². The third kappa shape index (κ3) is 3.83. The molecule has 0 unspecified atom stereocenters. The van der Waals surface area contributed by atoms with E-state index in [2.05, 4.69) is 33.9 Å². The molecule has 0 aliphatic heterocycles. The number of nitrogens with zero attached hydrogens (tertiary/aromatic N) is 4. The first-order valence-electron chi connectivity index (χ1n) is 7.61. The minimum atomic E-state index is 0.0256. The van der Waals surface area contributed by atoms with Crippen molar-refractivity contribution in [3.63, 3.8) is 0 Å². The Morgan fingerprint density at radius 2 is 2.10 bits per heavy atom. The number of nitrogens with two attached hydrogens (primary N) is 1. The van der Waals surface area contributed by atoms with Crippen LogP contribution < -0.4 is 10.6 Å². The predicted octanol–water partition coefficient (Wildman–Crippen LogP) is 2.28. The first-order chi connectivity index (χ1) is 10.0. The van der Waals surface area contributed by atoms with Crippen molar-refractivity contribution in [2.45, 2.75) is 52.5 Å². The number of oxime groups is 1. The first kappa shape index (κ1) is 15.5. The normalized spacial score (nSPS) is 16.7. The molecule has 6 heteroatoms. The number of aromatic nitrogens is 2. The maximum Gasteiger partial charge on any atom is 0.226 e. The number of anilines is 1. The lowest BCUT2D eigenvalue weighted by atomic mass is 10.1. The van der Waals surface area contributed by atoms with E-state index in [1.807, 2.05) is 6.92 Å². The molecule has 0 amide bonds. The molecule has 21 heavy (non-hydrogen) atoms. The fourth-order valence-corrected chi connectivity index (χ4v) is 2.87. The van der Waals surface area contributed by atoms with Crippen LogP contribution in [0.5, 0.6) is 0 Å². The second kappa shape index (κ2) is 6.74. The van der Waals surface area contributed by atoms with Crippen molar-refractivity contribution in [1.82, 2.24) is 9.97 Å². The summed E-state index contributed by atoms with van der Waals surface area (Å²) in [5.41, 5.74) is 6.98. The van der Waals surface area contributed by atoms with Gasteiger partial charge in [-0.25, -0.2) is 9.97 Å². The first-order valence-corrected chi connectivity index (χ1v) is 7.61. The Balaban J connectivity index is 2.36. The van der Waals surface area contributed by atoms with Gasteiger partial charge in [-0.1, -0.05) is 31.8 Å². The van der Waals surface area contributed by atoms with Crippen LogP contribution in [0.2, 0.25) is 0 Å². The molecule has 1 aliphatic rings. The van der Waals surface area contributed by atoms with E-state index in [-0.39, 0.29) is 5.84 Å². The molecule has 0 radical (unpaired) electrons. The summed E-state index contributed by atoms with van der Waals surface area (Å²) < 4.78 is 0. The fraction of sp³-hybridized carbons (Fsp3) is 0.667. The van der Waals surface area contributed by atoms with Gasteiger partial charge in [0.05, 0.1) is 0 Å². The standard InChI is InChI=1S/C15H25N5O/c1-10(2)9-20(12-6-4-5-7-12)15-17-11(3)8-13(18-15)14(16)19-21/h8,10,12,21H,4-7,9H2,1-3H3,(H2,16,19). The van der Waals surface area contributed by atoms with Crippen molar-refractivity contribution in [1.29, 1.82) is 0 Å². The SMILES string of the molecule is Cc1cc(/C(N)=N/O)nc(N(CC(C)C)C2CCCC2)n1. The van der Waals surface area contributed by atoms with E-state index in [0.717, 1.165) is 12.2 Å². The lowest BCUT2D eigenvalue weighted by Crippen LogP contribution is -2.38. The average molecular weight is 291 g/mol. The van der Waals surface area contributed by atoms with Crippen LogP contribution in [-0.4, -0.2) is 33.6 Å². The smallest absolute Gasteiger partial charge is 0.226 e. The third-order valence-corrected chi connectivity index (χ3v) is 3.80. The maximum atomic E-state index is 8.85. The molecule has 116 valence electrons. The highest BCUT2D eigenvalue weighted by Gasteiger charge is 2.26. The van der Waals surface area contributed by atoms with Crippen LogP contribution in [0.1, 0.15) is 50.9 Å². The number of amidine groups is 1. The van der Waals surface area contributed by atoms with Crippen LogP contribution in [0.3, 0.4) is 0 Å². The Hall–Kier alpha value is -1.85. The minimum Gasteiger partial charge on any atom is -0.409 e. The van der Waals surface area contributed by atoms with Gasteiger partial charge in [-0.3, -0.25) is 0 Å². The van der Waals surface area contributed by atoms with Gasteiger partial charge >= 0.3 is 0 Å². The van der Waals surface area contributed by atoms with E-state index >= 15 is 0 Å². The van der Waals surface area contributed by atoms with Crippen LogP contribution in [0.4, 0.5) is 5.95 Å². The van der Waals surface area contributed by atoms with Gasteiger partial charge in [0.15, 0.2) is 5.84 Å². The quantitative estimate of drug-likeness (QED) is 0.376. The zero-order valence-corrected chi connectivity index (χ0v) is 13.1. The summed E-state index contributed by atoms with van der Waals surface area (Å²) in [5.74, 6) is 1.25. The molecule has 1 aromatic rings. The summed E-state index contributed by atoms with van der Waals surface area (Å²) in [7, 11) is 0. The van der Waals surface area contributed by atoms with Gasteiger partial charge < -0.3 is 15.8 Å². The Bertz CT molecular complexity index is 509. The molecule has 6 nitrogen and oxygen atoms in total. The number of hydrogen-bond donors (Lipinski definition) is 2. The van der Waals surface area contributed by atoms with E-state index < -0.39 is 0 Å². The predicted molar refractivity (Wildman–Crippen MR) is 83.7 cm³/mol. The summed E-state index contributed by atoms with van der Waals surface area (Å²) in [5, 5.41) is 11.9. The monoisotopic (exact) mass is 291 g/mol. The molecule has 0 spiro atoms. The summed E-state index contributed by atoms with van der Waals surface area (Å²) in [6, 6.07) is 2.23. The van der Waals surface area contributed by atoms with Gasteiger partial charge in [-0.2, -0.15) is 0 Å². The highest BCUT2D eigenvalue weighted by atomic mass is 16.4. The summed E-state index contributed by atoms with van der Waals surface area (Å²) in [4.78, 5) is 11.4. The van der Waals surface area contributed by atoms with Crippen molar-refractivity contribution in [2.24, 2.45) is 16.8 Å². The Morgan fingerprint density at radius 1 is 1.43 bits per heavy atom. The van der Waals surface area contributed by atoms with E-state index in [1.165, 1.54) is 25.7 Å².